The van der Waals surface area contributed by atoms with Crippen LogP contribution in [0.1, 0.15) is 0 Å². The lowest BCUT2D eigenvalue weighted by Crippen LogP contribution is -2.46. The maximum Gasteiger partial charge on any atom is 0.118 e. The van der Waals surface area contributed by atoms with Crippen LogP contribution < -0.4 is 0 Å². The van der Waals surface area contributed by atoms with Crippen LogP contribution in [0.15, 0.2) is 0 Å². The highest BCUT2D eigenvalue weighted by atomic mass is 19.1. The van der Waals surface area contributed by atoms with E-state index in [9.17, 15) is 8.78 Å². The van der Waals surface area contributed by atoms with E-state index in [1.165, 1.54) is 0 Å². The van der Waals surface area contributed by atoms with Crippen LogP contribution in [-0.2, 0) is 0 Å². The van der Waals surface area contributed by atoms with Crippen molar-refractivity contribution in [2.24, 2.45) is 0 Å². The molecule has 0 amide bonds. The summed E-state index contributed by atoms with van der Waals surface area (Å²) in [7, 11) is 0. The first kappa shape index (κ1) is 11.7. The van der Waals surface area contributed by atoms with Crippen LogP contribution in [0.3, 0.4) is 0 Å². The zero-order valence-corrected chi connectivity index (χ0v) is 6.27. The number of aliphatic hydroxyl groups excluding tert-OH is 4. The fourth-order valence-corrected chi connectivity index (χ4v) is 0.638. The zero-order chi connectivity index (χ0) is 9.72. The molecule has 0 bridgehead atoms. The molecule has 0 saturated carbocycles. The van der Waals surface area contributed by atoms with E-state index in [2.05, 4.69) is 0 Å². The first-order valence-corrected chi connectivity index (χ1v) is 3.38. The van der Waals surface area contributed by atoms with Gasteiger partial charge in [-0.15, -0.1) is 0 Å². The Labute approximate surface area is 68.1 Å². The third-order valence-electron chi connectivity index (χ3n) is 1.45. The molecule has 0 spiro atoms. The van der Waals surface area contributed by atoms with Gasteiger partial charge < -0.3 is 20.4 Å². The average Bonchev–Trinajstić information content (AvgIpc) is 2.12. The predicted molar refractivity (Wildman–Crippen MR) is 36.0 cm³/mol. The minimum Gasteiger partial charge on any atom is -0.388 e. The molecule has 0 saturated heterocycles. The third kappa shape index (κ3) is 2.98. The molecule has 0 aliphatic carbocycles. The van der Waals surface area contributed by atoms with Gasteiger partial charge in [0.05, 0.1) is 0 Å². The van der Waals surface area contributed by atoms with Crippen molar-refractivity contribution in [3.05, 3.63) is 0 Å². The molecule has 6 heteroatoms. The van der Waals surface area contributed by atoms with E-state index < -0.39 is 37.8 Å². The Kier molecular flexibility index (Phi) is 5.23. The Balaban J connectivity index is 3.99. The van der Waals surface area contributed by atoms with Crippen LogP contribution in [0.4, 0.5) is 8.78 Å². The molecule has 0 aliphatic rings. The van der Waals surface area contributed by atoms with Gasteiger partial charge in [-0.3, -0.25) is 0 Å². The molecular formula is C6H12F2O4. The first-order valence-electron chi connectivity index (χ1n) is 3.38. The van der Waals surface area contributed by atoms with Crippen molar-refractivity contribution in [1.82, 2.24) is 0 Å². The maximum absolute atomic E-state index is 11.7. The molecule has 74 valence electrons. The Morgan fingerprint density at radius 3 is 1.17 bits per heavy atom. The topological polar surface area (TPSA) is 80.9 Å². The van der Waals surface area contributed by atoms with Crippen LogP contribution >= 0.6 is 0 Å². The highest BCUT2D eigenvalue weighted by Gasteiger charge is 2.30. The van der Waals surface area contributed by atoms with Crippen LogP contribution in [0.25, 0.3) is 0 Å². The van der Waals surface area contributed by atoms with Crippen LogP contribution in [0, 0.1) is 0 Å². The third-order valence-corrected chi connectivity index (χ3v) is 1.45. The van der Waals surface area contributed by atoms with Crippen molar-refractivity contribution in [1.29, 1.82) is 0 Å². The van der Waals surface area contributed by atoms with Gasteiger partial charge in [0.15, 0.2) is 0 Å². The van der Waals surface area contributed by atoms with Crippen molar-refractivity contribution in [2.75, 3.05) is 13.3 Å². The van der Waals surface area contributed by atoms with Gasteiger partial charge in [0.1, 0.15) is 37.8 Å². The van der Waals surface area contributed by atoms with Crippen molar-refractivity contribution in [3.63, 3.8) is 0 Å². The van der Waals surface area contributed by atoms with E-state index in [4.69, 9.17) is 20.4 Å². The van der Waals surface area contributed by atoms with Gasteiger partial charge in [0, 0.05) is 0 Å². The van der Waals surface area contributed by atoms with Gasteiger partial charge in [-0.05, 0) is 0 Å². The highest BCUT2D eigenvalue weighted by Crippen LogP contribution is 2.05. The normalized spacial score (nSPS) is 21.5. The largest absolute Gasteiger partial charge is 0.388 e. The van der Waals surface area contributed by atoms with Crippen LogP contribution in [0.2, 0.25) is 0 Å². The second-order valence-electron chi connectivity index (χ2n) is 2.42. The fraction of sp³-hybridized carbons (Fsp3) is 1.00. The number of alkyl halides is 2. The molecule has 0 fully saturated rings. The van der Waals surface area contributed by atoms with Crippen molar-refractivity contribution >= 4 is 0 Å². The fourth-order valence-electron chi connectivity index (χ4n) is 0.638. The summed E-state index contributed by atoms with van der Waals surface area (Å²) in [5.74, 6) is 0. The monoisotopic (exact) mass is 186 g/mol. The van der Waals surface area contributed by atoms with Crippen molar-refractivity contribution < 1.29 is 29.2 Å². The summed E-state index contributed by atoms with van der Waals surface area (Å²) in [5, 5.41) is 34.9. The van der Waals surface area contributed by atoms with Crippen LogP contribution in [-0.4, -0.2) is 58.2 Å². The molecule has 0 aromatic rings. The smallest absolute Gasteiger partial charge is 0.118 e. The van der Waals surface area contributed by atoms with Crippen LogP contribution in [0.5, 0.6) is 0 Å². The van der Waals surface area contributed by atoms with Crippen molar-refractivity contribution in [2.45, 2.75) is 24.4 Å². The number of rotatable bonds is 5. The average molecular weight is 186 g/mol. The molecule has 0 radical (unpaired) electrons. The van der Waals surface area contributed by atoms with E-state index in [1.807, 2.05) is 0 Å². The molecule has 0 aromatic carbocycles. The molecule has 0 aliphatic heterocycles. The molecule has 0 heterocycles. The lowest BCUT2D eigenvalue weighted by Gasteiger charge is -2.23. The summed E-state index contributed by atoms with van der Waals surface area (Å²) in [5.41, 5.74) is 0. The molecule has 0 aromatic heterocycles. The summed E-state index contributed by atoms with van der Waals surface area (Å²) >= 11 is 0. The SMILES string of the molecule is OC(CF)C(O)C(O)C(O)CF. The predicted octanol–water partition coefficient (Wildman–Crippen LogP) is -1.63. The summed E-state index contributed by atoms with van der Waals surface area (Å²) in [6, 6.07) is 0. The lowest BCUT2D eigenvalue weighted by molar-refractivity contribution is -0.112. The minimum atomic E-state index is -1.87. The van der Waals surface area contributed by atoms with Gasteiger partial charge in [-0.25, -0.2) is 8.78 Å². The van der Waals surface area contributed by atoms with E-state index >= 15 is 0 Å². The van der Waals surface area contributed by atoms with E-state index in [1.54, 1.807) is 0 Å². The Morgan fingerprint density at radius 2 is 1.00 bits per heavy atom. The molecule has 4 atom stereocenters. The van der Waals surface area contributed by atoms with Gasteiger partial charge in [-0.2, -0.15) is 0 Å². The van der Waals surface area contributed by atoms with E-state index in [0.29, 0.717) is 0 Å². The molecule has 4 N–H and O–H groups in total. The Hall–Kier alpha value is -0.300. The number of hydrogen-bond acceptors (Lipinski definition) is 4. The summed E-state index contributed by atoms with van der Waals surface area (Å²) in [6.45, 7) is -2.53. The molecule has 4 nitrogen and oxygen atoms in total. The van der Waals surface area contributed by atoms with Gasteiger partial charge >= 0.3 is 0 Å². The second kappa shape index (κ2) is 5.36. The van der Waals surface area contributed by atoms with Gasteiger partial charge in [0.2, 0.25) is 0 Å². The Bertz CT molecular complexity index is 110. The maximum atomic E-state index is 11.7. The number of aliphatic hydroxyl groups is 4. The Morgan fingerprint density at radius 1 is 0.750 bits per heavy atom. The molecule has 4 unspecified atom stereocenters. The van der Waals surface area contributed by atoms with Gasteiger partial charge in [0.25, 0.3) is 0 Å². The summed E-state index contributed by atoms with van der Waals surface area (Å²) in [6.07, 6.45) is -7.36. The molecule has 0 rings (SSSR count). The lowest BCUT2D eigenvalue weighted by atomic mass is 10.0. The standard InChI is InChI=1S/C6H12F2O4/c7-1-3(9)5(11)6(12)4(10)2-8/h3-6,9-12H,1-2H2. The molecule has 12 heavy (non-hydrogen) atoms. The second-order valence-corrected chi connectivity index (χ2v) is 2.42. The number of hydrogen-bond donors (Lipinski definition) is 4. The molecular weight excluding hydrogens is 174 g/mol. The first-order chi connectivity index (χ1) is 5.54. The van der Waals surface area contributed by atoms with E-state index in [0.717, 1.165) is 0 Å². The van der Waals surface area contributed by atoms with Crippen molar-refractivity contribution in [3.8, 4) is 0 Å². The number of halogens is 2. The van der Waals surface area contributed by atoms with E-state index in [-0.39, 0.29) is 0 Å². The summed E-state index contributed by atoms with van der Waals surface area (Å²) in [4.78, 5) is 0. The quantitative estimate of drug-likeness (QED) is 0.415. The highest BCUT2D eigenvalue weighted by molar-refractivity contribution is 4.79. The zero-order valence-electron chi connectivity index (χ0n) is 6.27. The summed E-state index contributed by atoms with van der Waals surface area (Å²) < 4.78 is 23.3. The minimum absolute atomic E-state index is 1.27. The van der Waals surface area contributed by atoms with Gasteiger partial charge in [-0.1, -0.05) is 0 Å².